The summed E-state index contributed by atoms with van der Waals surface area (Å²) in [5.74, 6) is -3.90. The van der Waals surface area contributed by atoms with Crippen molar-refractivity contribution in [2.75, 3.05) is 5.32 Å². The number of aryl methyl sites for hydroxylation is 1. The molecule has 1 aliphatic carbocycles. The minimum absolute atomic E-state index is 0.214. The van der Waals surface area contributed by atoms with Gasteiger partial charge in [-0.1, -0.05) is 6.07 Å². The van der Waals surface area contributed by atoms with Crippen LogP contribution in [0.2, 0.25) is 0 Å². The van der Waals surface area contributed by atoms with Crippen molar-refractivity contribution in [3.05, 3.63) is 71.2 Å². The van der Waals surface area contributed by atoms with E-state index in [1.54, 1.807) is 6.07 Å². The summed E-state index contributed by atoms with van der Waals surface area (Å²) in [6.45, 7) is 1.83. The largest absolute Gasteiger partial charge is 0.348 e. The third-order valence-corrected chi connectivity index (χ3v) is 5.05. The summed E-state index contributed by atoms with van der Waals surface area (Å²) in [5.41, 5.74) is 1.66. The van der Waals surface area contributed by atoms with Crippen molar-refractivity contribution in [2.45, 2.75) is 31.6 Å². The van der Waals surface area contributed by atoms with Crippen molar-refractivity contribution in [3.8, 4) is 0 Å². The molecule has 1 aliphatic rings. The monoisotopic (exact) mass is 410 g/mol. The summed E-state index contributed by atoms with van der Waals surface area (Å²) in [7, 11) is 0. The number of rotatable bonds is 5. The van der Waals surface area contributed by atoms with Crippen LogP contribution in [0.15, 0.2) is 42.6 Å². The summed E-state index contributed by atoms with van der Waals surface area (Å²) in [6.07, 6.45) is 2.91. The molecule has 0 atom stereocenters. The summed E-state index contributed by atoms with van der Waals surface area (Å²) < 4.78 is 43.5. The molecular weight excluding hydrogens is 393 g/mol. The fourth-order valence-electron chi connectivity index (χ4n) is 3.33. The van der Waals surface area contributed by atoms with E-state index in [2.05, 4.69) is 30.5 Å². The second-order valence-electron chi connectivity index (χ2n) is 7.44. The molecule has 0 unspecified atom stereocenters. The predicted octanol–water partition coefficient (Wildman–Crippen LogP) is 4.96. The smallest absolute Gasteiger partial charge is 0.323 e. The van der Waals surface area contributed by atoms with E-state index in [4.69, 9.17) is 0 Å². The topological polar surface area (TPSA) is 79.4 Å². The van der Waals surface area contributed by atoms with Crippen molar-refractivity contribution in [1.29, 1.82) is 0 Å². The lowest BCUT2D eigenvalue weighted by molar-refractivity contribution is 0.0285. The van der Waals surface area contributed by atoms with E-state index in [1.165, 1.54) is 0 Å². The SMILES string of the molecule is Cc1cc(Nc2nc(C(F)(F)c3ccc(F)cn3)nc3cc(C4CC4)ccc23)n[nH]1. The maximum absolute atomic E-state index is 15.2. The number of anilines is 2. The van der Waals surface area contributed by atoms with Crippen LogP contribution in [0.4, 0.5) is 24.8 Å². The highest BCUT2D eigenvalue weighted by Crippen LogP contribution is 2.42. The first-order valence-electron chi connectivity index (χ1n) is 9.51. The molecule has 0 saturated heterocycles. The van der Waals surface area contributed by atoms with Crippen LogP contribution in [0.25, 0.3) is 10.9 Å². The number of benzene rings is 1. The number of alkyl halides is 2. The number of halogens is 3. The molecule has 1 fully saturated rings. The van der Waals surface area contributed by atoms with Gasteiger partial charge in [-0.3, -0.25) is 10.1 Å². The molecule has 30 heavy (non-hydrogen) atoms. The Kier molecular flexibility index (Phi) is 4.19. The first kappa shape index (κ1) is 18.5. The maximum Gasteiger partial charge on any atom is 0.348 e. The summed E-state index contributed by atoms with van der Waals surface area (Å²) in [6, 6.07) is 9.26. The Hall–Kier alpha value is -3.49. The summed E-state index contributed by atoms with van der Waals surface area (Å²) >= 11 is 0. The number of hydrogen-bond acceptors (Lipinski definition) is 5. The lowest BCUT2D eigenvalue weighted by Crippen LogP contribution is -2.21. The molecule has 0 spiro atoms. The van der Waals surface area contributed by atoms with Crippen LogP contribution < -0.4 is 5.32 Å². The Bertz CT molecular complexity index is 1230. The molecule has 2 N–H and O–H groups in total. The number of hydrogen-bond donors (Lipinski definition) is 2. The van der Waals surface area contributed by atoms with Crippen LogP contribution >= 0.6 is 0 Å². The fraction of sp³-hybridized carbons (Fsp3) is 0.238. The molecular formula is C21H17F3N6. The van der Waals surface area contributed by atoms with E-state index in [9.17, 15) is 4.39 Å². The van der Waals surface area contributed by atoms with Gasteiger partial charge >= 0.3 is 5.92 Å². The molecule has 152 valence electrons. The number of nitrogens with zero attached hydrogens (tertiary/aromatic N) is 4. The van der Waals surface area contributed by atoms with E-state index in [0.717, 1.165) is 42.4 Å². The lowest BCUT2D eigenvalue weighted by Gasteiger charge is -2.17. The van der Waals surface area contributed by atoms with Crippen molar-refractivity contribution < 1.29 is 13.2 Å². The standard InChI is InChI=1S/C21H17F3N6/c1-11-8-18(30-29-11)27-19-15-6-4-13(12-2-3-12)9-16(15)26-20(28-19)21(23,24)17-7-5-14(22)10-25-17/h4-10,12H,2-3H2,1H3,(H2,26,27,28,29,30). The zero-order valence-corrected chi connectivity index (χ0v) is 16.0. The van der Waals surface area contributed by atoms with Gasteiger partial charge in [0, 0.05) is 17.1 Å². The van der Waals surface area contributed by atoms with Gasteiger partial charge in [0.15, 0.2) is 5.82 Å². The van der Waals surface area contributed by atoms with Gasteiger partial charge in [-0.15, -0.1) is 0 Å². The van der Waals surface area contributed by atoms with E-state index in [0.29, 0.717) is 22.6 Å². The second-order valence-corrected chi connectivity index (χ2v) is 7.44. The van der Waals surface area contributed by atoms with E-state index < -0.39 is 23.3 Å². The number of pyridine rings is 1. The molecule has 3 aromatic heterocycles. The van der Waals surface area contributed by atoms with Crippen LogP contribution in [0, 0.1) is 12.7 Å². The van der Waals surface area contributed by atoms with Gasteiger partial charge in [0.1, 0.15) is 17.3 Å². The fourth-order valence-corrected chi connectivity index (χ4v) is 3.33. The molecule has 6 nitrogen and oxygen atoms in total. The van der Waals surface area contributed by atoms with Crippen LogP contribution in [-0.4, -0.2) is 25.1 Å². The van der Waals surface area contributed by atoms with Crippen molar-refractivity contribution in [1.82, 2.24) is 25.1 Å². The molecule has 1 aromatic carbocycles. The van der Waals surface area contributed by atoms with Gasteiger partial charge < -0.3 is 5.32 Å². The summed E-state index contributed by atoms with van der Waals surface area (Å²) in [5, 5.41) is 10.5. The number of fused-ring (bicyclic) bond motifs is 1. The van der Waals surface area contributed by atoms with Crippen molar-refractivity contribution in [3.63, 3.8) is 0 Å². The van der Waals surface area contributed by atoms with Crippen molar-refractivity contribution in [2.24, 2.45) is 0 Å². The maximum atomic E-state index is 15.2. The zero-order chi connectivity index (χ0) is 20.9. The molecule has 0 amide bonds. The molecule has 0 bridgehead atoms. The van der Waals surface area contributed by atoms with Gasteiger partial charge in [0.05, 0.1) is 11.7 Å². The third-order valence-electron chi connectivity index (χ3n) is 5.05. The van der Waals surface area contributed by atoms with Crippen LogP contribution in [0.5, 0.6) is 0 Å². The third kappa shape index (κ3) is 3.36. The van der Waals surface area contributed by atoms with Gasteiger partial charge in [-0.05, 0) is 55.5 Å². The Balaban J connectivity index is 1.65. The molecule has 3 heterocycles. The summed E-state index contributed by atoms with van der Waals surface area (Å²) in [4.78, 5) is 11.8. The Morgan fingerprint density at radius 2 is 1.93 bits per heavy atom. The minimum atomic E-state index is -3.60. The molecule has 9 heteroatoms. The molecule has 1 saturated carbocycles. The van der Waals surface area contributed by atoms with Crippen LogP contribution in [0.3, 0.4) is 0 Å². The number of nitrogens with one attached hydrogen (secondary N) is 2. The van der Waals surface area contributed by atoms with Gasteiger partial charge in [-0.2, -0.15) is 13.9 Å². The van der Waals surface area contributed by atoms with E-state index in [1.807, 2.05) is 25.1 Å². The number of aromatic nitrogens is 5. The minimum Gasteiger partial charge on any atom is -0.323 e. The highest BCUT2D eigenvalue weighted by Gasteiger charge is 2.40. The van der Waals surface area contributed by atoms with Crippen LogP contribution in [-0.2, 0) is 5.92 Å². The van der Waals surface area contributed by atoms with Crippen LogP contribution in [0.1, 0.15) is 41.5 Å². The molecule has 4 aromatic rings. The zero-order valence-electron chi connectivity index (χ0n) is 16.0. The predicted molar refractivity (Wildman–Crippen MR) is 105 cm³/mol. The molecule has 0 radical (unpaired) electrons. The van der Waals surface area contributed by atoms with Gasteiger partial charge in [-0.25, -0.2) is 14.4 Å². The lowest BCUT2D eigenvalue weighted by atomic mass is 10.1. The number of H-pyrrole nitrogens is 1. The second kappa shape index (κ2) is 6.79. The number of aromatic amines is 1. The van der Waals surface area contributed by atoms with E-state index >= 15 is 8.78 Å². The first-order valence-corrected chi connectivity index (χ1v) is 9.51. The quantitative estimate of drug-likeness (QED) is 0.486. The van der Waals surface area contributed by atoms with Crippen molar-refractivity contribution >= 4 is 22.5 Å². The average molecular weight is 410 g/mol. The van der Waals surface area contributed by atoms with Gasteiger partial charge in [0.25, 0.3) is 0 Å². The Labute approximate surface area is 169 Å². The highest BCUT2D eigenvalue weighted by molar-refractivity contribution is 5.91. The Morgan fingerprint density at radius 3 is 2.60 bits per heavy atom. The molecule has 0 aliphatic heterocycles. The average Bonchev–Trinajstić information content (AvgIpc) is 3.50. The van der Waals surface area contributed by atoms with Gasteiger partial charge in [0.2, 0.25) is 5.82 Å². The molecule has 5 rings (SSSR count). The highest BCUT2D eigenvalue weighted by atomic mass is 19.3. The normalized spacial score (nSPS) is 14.3. The first-order chi connectivity index (χ1) is 14.4. The van der Waals surface area contributed by atoms with E-state index in [-0.39, 0.29) is 5.82 Å². The Morgan fingerprint density at radius 1 is 1.10 bits per heavy atom.